The zero-order valence-electron chi connectivity index (χ0n) is 11.4. The van der Waals surface area contributed by atoms with Crippen molar-refractivity contribution in [3.63, 3.8) is 0 Å². The third-order valence-corrected chi connectivity index (χ3v) is 4.91. The topological polar surface area (TPSA) is 12.0 Å². The van der Waals surface area contributed by atoms with Crippen LogP contribution >= 0.6 is 11.8 Å². The van der Waals surface area contributed by atoms with Crippen LogP contribution in [0.3, 0.4) is 0 Å². The summed E-state index contributed by atoms with van der Waals surface area (Å²) in [5.74, 6) is 7.43. The Morgan fingerprint density at radius 3 is 2.71 bits per heavy atom. The van der Waals surface area contributed by atoms with Gasteiger partial charge in [0, 0.05) is 23.5 Å². The predicted octanol–water partition coefficient (Wildman–Crippen LogP) is 3.83. The average Bonchev–Trinajstić information content (AvgIpc) is 2.37. The molecule has 1 saturated carbocycles. The van der Waals surface area contributed by atoms with Crippen molar-refractivity contribution in [3.8, 4) is 11.8 Å². The lowest BCUT2D eigenvalue weighted by Gasteiger charge is -2.24. The van der Waals surface area contributed by atoms with Gasteiger partial charge in [-0.3, -0.25) is 0 Å². The van der Waals surface area contributed by atoms with Crippen LogP contribution in [0.25, 0.3) is 0 Å². The van der Waals surface area contributed by atoms with Gasteiger partial charge in [0.05, 0.1) is 0 Å². The Morgan fingerprint density at radius 1 is 1.29 bits per heavy atom. The molecule has 0 bridgehead atoms. The molecule has 98 valence electrons. The minimum atomic E-state index is 0.660. The van der Waals surface area contributed by atoms with Gasteiger partial charge in [0.1, 0.15) is 0 Å². The molecule has 0 aromatic carbocycles. The van der Waals surface area contributed by atoms with Crippen molar-refractivity contribution in [2.45, 2.75) is 70.1 Å². The largest absolute Gasteiger partial charge is 0.313 e. The monoisotopic (exact) mass is 253 g/mol. The lowest BCUT2D eigenvalue weighted by atomic mass is 10.0. The average molecular weight is 253 g/mol. The van der Waals surface area contributed by atoms with Crippen molar-refractivity contribution >= 4 is 11.8 Å². The second-order valence-corrected chi connectivity index (χ2v) is 6.15. The molecule has 0 spiro atoms. The fourth-order valence-electron chi connectivity index (χ4n) is 2.39. The SMILES string of the molecule is CC#CCCC(CSC1CCCCC1)NCC. The molecule has 17 heavy (non-hydrogen) atoms. The molecule has 0 amide bonds. The summed E-state index contributed by atoms with van der Waals surface area (Å²) in [6, 6.07) is 0.660. The van der Waals surface area contributed by atoms with Gasteiger partial charge in [0.15, 0.2) is 0 Å². The summed E-state index contributed by atoms with van der Waals surface area (Å²) in [5, 5.41) is 4.53. The maximum Gasteiger partial charge on any atom is 0.0167 e. The van der Waals surface area contributed by atoms with Crippen LogP contribution in [-0.4, -0.2) is 23.6 Å². The molecular formula is C15H27NS. The van der Waals surface area contributed by atoms with Crippen molar-refractivity contribution in [2.75, 3.05) is 12.3 Å². The van der Waals surface area contributed by atoms with Crippen molar-refractivity contribution in [1.82, 2.24) is 5.32 Å². The van der Waals surface area contributed by atoms with Crippen LogP contribution in [-0.2, 0) is 0 Å². The van der Waals surface area contributed by atoms with E-state index >= 15 is 0 Å². The molecule has 0 aliphatic heterocycles. The number of nitrogens with one attached hydrogen (secondary N) is 1. The zero-order chi connectivity index (χ0) is 12.3. The van der Waals surface area contributed by atoms with E-state index in [1.54, 1.807) is 0 Å². The van der Waals surface area contributed by atoms with Crippen LogP contribution in [0.15, 0.2) is 0 Å². The minimum absolute atomic E-state index is 0.660. The predicted molar refractivity (Wildman–Crippen MR) is 79.5 cm³/mol. The van der Waals surface area contributed by atoms with E-state index in [1.165, 1.54) is 44.3 Å². The molecule has 0 saturated heterocycles. The number of rotatable bonds is 7. The van der Waals surface area contributed by atoms with E-state index in [9.17, 15) is 0 Å². The highest BCUT2D eigenvalue weighted by Crippen LogP contribution is 2.28. The molecule has 2 heteroatoms. The second kappa shape index (κ2) is 9.85. The quantitative estimate of drug-likeness (QED) is 0.692. The highest BCUT2D eigenvalue weighted by molar-refractivity contribution is 7.99. The maximum atomic E-state index is 3.59. The number of hydrogen-bond acceptors (Lipinski definition) is 2. The van der Waals surface area contributed by atoms with Crippen LogP contribution in [0.2, 0.25) is 0 Å². The van der Waals surface area contributed by atoms with Crippen molar-refractivity contribution in [2.24, 2.45) is 0 Å². The van der Waals surface area contributed by atoms with Gasteiger partial charge in [0.2, 0.25) is 0 Å². The summed E-state index contributed by atoms with van der Waals surface area (Å²) in [6.45, 7) is 5.21. The minimum Gasteiger partial charge on any atom is -0.313 e. The summed E-state index contributed by atoms with van der Waals surface area (Å²) in [6.07, 6.45) is 9.49. The lowest BCUT2D eigenvalue weighted by Crippen LogP contribution is -2.32. The molecule has 0 aromatic rings. The summed E-state index contributed by atoms with van der Waals surface area (Å²) in [7, 11) is 0. The second-order valence-electron chi connectivity index (χ2n) is 4.81. The van der Waals surface area contributed by atoms with E-state index in [0.29, 0.717) is 6.04 Å². The van der Waals surface area contributed by atoms with Gasteiger partial charge >= 0.3 is 0 Å². The van der Waals surface area contributed by atoms with E-state index in [4.69, 9.17) is 0 Å². The molecule has 1 rings (SSSR count). The van der Waals surface area contributed by atoms with Crippen LogP contribution in [0, 0.1) is 11.8 Å². The van der Waals surface area contributed by atoms with Gasteiger partial charge in [-0.15, -0.1) is 11.8 Å². The summed E-state index contributed by atoms with van der Waals surface area (Å²) in [4.78, 5) is 0. The molecule has 1 atom stereocenters. The standard InChI is InChI=1S/C15H27NS/c1-3-5-7-10-14(16-4-2)13-17-15-11-8-6-9-12-15/h14-16H,4,6-13H2,1-2H3. The number of thioether (sulfide) groups is 1. The Labute approximate surface area is 112 Å². The van der Waals surface area contributed by atoms with Crippen LogP contribution in [0.4, 0.5) is 0 Å². The Morgan fingerprint density at radius 2 is 2.06 bits per heavy atom. The normalized spacial score (nSPS) is 18.5. The van der Waals surface area contributed by atoms with Crippen LogP contribution in [0.1, 0.15) is 58.8 Å². The van der Waals surface area contributed by atoms with Crippen LogP contribution < -0.4 is 5.32 Å². The van der Waals surface area contributed by atoms with Gasteiger partial charge in [0.25, 0.3) is 0 Å². The Bertz CT molecular complexity index is 235. The molecule has 0 aromatic heterocycles. The summed E-state index contributed by atoms with van der Waals surface area (Å²) >= 11 is 2.19. The van der Waals surface area contributed by atoms with Crippen molar-refractivity contribution in [1.29, 1.82) is 0 Å². The molecule has 1 aliphatic carbocycles. The third-order valence-electron chi connectivity index (χ3n) is 3.37. The summed E-state index contributed by atoms with van der Waals surface area (Å²) < 4.78 is 0. The molecular weight excluding hydrogens is 226 g/mol. The molecule has 1 fully saturated rings. The Balaban J connectivity index is 2.19. The highest BCUT2D eigenvalue weighted by atomic mass is 32.2. The lowest BCUT2D eigenvalue weighted by molar-refractivity contribution is 0.510. The molecule has 1 aliphatic rings. The van der Waals surface area contributed by atoms with E-state index in [-0.39, 0.29) is 0 Å². The fourth-order valence-corrected chi connectivity index (χ4v) is 3.84. The van der Waals surface area contributed by atoms with Crippen molar-refractivity contribution in [3.05, 3.63) is 0 Å². The smallest absolute Gasteiger partial charge is 0.0167 e. The summed E-state index contributed by atoms with van der Waals surface area (Å²) in [5.41, 5.74) is 0. The zero-order valence-corrected chi connectivity index (χ0v) is 12.2. The molecule has 0 radical (unpaired) electrons. The molecule has 0 heterocycles. The fraction of sp³-hybridized carbons (Fsp3) is 0.867. The maximum absolute atomic E-state index is 3.59. The van der Waals surface area contributed by atoms with E-state index in [1.807, 2.05) is 6.92 Å². The first-order valence-electron chi connectivity index (χ1n) is 7.11. The van der Waals surface area contributed by atoms with Gasteiger partial charge in [-0.25, -0.2) is 0 Å². The van der Waals surface area contributed by atoms with E-state index in [0.717, 1.165) is 18.2 Å². The van der Waals surface area contributed by atoms with Crippen LogP contribution in [0.5, 0.6) is 0 Å². The van der Waals surface area contributed by atoms with Gasteiger partial charge in [-0.05, 0) is 32.7 Å². The van der Waals surface area contributed by atoms with E-state index < -0.39 is 0 Å². The molecule has 1 nitrogen and oxygen atoms in total. The highest BCUT2D eigenvalue weighted by Gasteiger charge is 2.15. The first kappa shape index (κ1) is 14.9. The molecule has 1 unspecified atom stereocenters. The first-order valence-corrected chi connectivity index (χ1v) is 8.16. The van der Waals surface area contributed by atoms with Gasteiger partial charge in [-0.2, -0.15) is 11.8 Å². The number of hydrogen-bond donors (Lipinski definition) is 1. The van der Waals surface area contributed by atoms with Gasteiger partial charge < -0.3 is 5.32 Å². The van der Waals surface area contributed by atoms with E-state index in [2.05, 4.69) is 35.8 Å². The van der Waals surface area contributed by atoms with Crippen molar-refractivity contribution < 1.29 is 0 Å². The third kappa shape index (κ3) is 7.01. The van der Waals surface area contributed by atoms with Gasteiger partial charge in [-0.1, -0.05) is 26.2 Å². The molecule has 1 N–H and O–H groups in total. The Hall–Kier alpha value is -0.130. The Kier molecular flexibility index (Phi) is 8.65. The first-order chi connectivity index (χ1) is 8.36.